The molecule has 7 bridgehead atoms. The predicted molar refractivity (Wildman–Crippen MR) is 93.7 cm³/mol. The van der Waals surface area contributed by atoms with Crippen molar-refractivity contribution in [3.8, 4) is 0 Å². The van der Waals surface area contributed by atoms with Gasteiger partial charge in [-0.25, -0.2) is 0 Å². The first-order chi connectivity index (χ1) is 11.9. The first-order valence-corrected chi connectivity index (χ1v) is 10.7. The zero-order valence-corrected chi connectivity index (χ0v) is 15.6. The summed E-state index contributed by atoms with van der Waals surface area (Å²) >= 11 is 0. The van der Waals surface area contributed by atoms with Crippen LogP contribution in [-0.2, 0) is 0 Å². The highest BCUT2D eigenvalue weighted by Crippen LogP contribution is 2.78. The molecule has 11 atom stereocenters. The van der Waals surface area contributed by atoms with Crippen molar-refractivity contribution in [1.82, 2.24) is 4.90 Å². The van der Waals surface area contributed by atoms with E-state index in [-0.39, 0.29) is 34.9 Å². The van der Waals surface area contributed by atoms with Crippen LogP contribution < -0.4 is 0 Å². The van der Waals surface area contributed by atoms with Crippen LogP contribution in [0, 0.1) is 40.4 Å². The Morgan fingerprint density at radius 1 is 1.08 bits per heavy atom. The first-order valence-electron chi connectivity index (χ1n) is 10.7. The summed E-state index contributed by atoms with van der Waals surface area (Å²) in [6.45, 7) is 6.84. The molecule has 0 aromatic heterocycles. The van der Waals surface area contributed by atoms with Crippen LogP contribution in [0.1, 0.15) is 52.4 Å². The van der Waals surface area contributed by atoms with E-state index >= 15 is 0 Å². The zero-order chi connectivity index (χ0) is 17.4. The molecule has 4 nitrogen and oxygen atoms in total. The highest BCUT2D eigenvalue weighted by atomic mass is 16.3. The number of hydrogen-bond donors (Lipinski definition) is 3. The summed E-state index contributed by atoms with van der Waals surface area (Å²) in [5, 5.41) is 34.4. The Morgan fingerprint density at radius 2 is 1.88 bits per heavy atom. The maximum absolute atomic E-state index is 11.9. The lowest BCUT2D eigenvalue weighted by molar-refractivity contribution is -0.260. The topological polar surface area (TPSA) is 63.9 Å². The van der Waals surface area contributed by atoms with Crippen molar-refractivity contribution in [2.75, 3.05) is 13.1 Å². The van der Waals surface area contributed by atoms with Crippen molar-refractivity contribution in [2.45, 2.75) is 76.2 Å². The Kier molecular flexibility index (Phi) is 2.82. The van der Waals surface area contributed by atoms with Crippen LogP contribution in [0.2, 0.25) is 0 Å². The van der Waals surface area contributed by atoms with E-state index in [1.54, 1.807) is 0 Å². The number of fused-ring (bicyclic) bond motifs is 2. The van der Waals surface area contributed by atoms with Gasteiger partial charge in [0.25, 0.3) is 0 Å². The molecule has 5 aliphatic carbocycles. The number of likely N-dealkylation sites (tertiary alicyclic amines) is 1. The fourth-order valence-corrected chi connectivity index (χ4v) is 9.79. The lowest BCUT2D eigenvalue weighted by Gasteiger charge is -2.68. The van der Waals surface area contributed by atoms with Gasteiger partial charge in [0, 0.05) is 29.8 Å². The molecule has 0 aromatic rings. The molecule has 5 saturated carbocycles. The van der Waals surface area contributed by atoms with Crippen LogP contribution in [0.15, 0.2) is 0 Å². The summed E-state index contributed by atoms with van der Waals surface area (Å²) in [6.07, 6.45) is 5.34. The summed E-state index contributed by atoms with van der Waals surface area (Å²) in [6, 6.07) is 0.321. The molecule has 1 heterocycles. The zero-order valence-electron chi connectivity index (χ0n) is 15.6. The van der Waals surface area contributed by atoms with Crippen LogP contribution >= 0.6 is 0 Å². The minimum atomic E-state index is -0.706. The molecule has 6 aliphatic rings. The van der Waals surface area contributed by atoms with Crippen molar-refractivity contribution in [3.05, 3.63) is 0 Å². The Balaban J connectivity index is 1.62. The Bertz CT molecular complexity index is 626. The SMILES string of the molecule is CCN1C[C@]2(C)CCC(O)[C@@]34[C@@H]5C[C@@H]6CC[C@](O)([C@@H](C[C@H]23)[C@@H]14)[C@H]5C6O. The molecule has 3 N–H and O–H groups in total. The van der Waals surface area contributed by atoms with Crippen LogP contribution in [0.3, 0.4) is 0 Å². The minimum Gasteiger partial charge on any atom is -0.392 e. The lowest BCUT2D eigenvalue weighted by Crippen LogP contribution is -2.75. The molecule has 0 amide bonds. The molecule has 140 valence electrons. The number of aliphatic hydroxyl groups excluding tert-OH is 2. The summed E-state index contributed by atoms with van der Waals surface area (Å²) in [5.74, 6) is 1.42. The second kappa shape index (κ2) is 4.45. The molecular weight excluding hydrogens is 314 g/mol. The van der Waals surface area contributed by atoms with Gasteiger partial charge in [-0.1, -0.05) is 13.8 Å². The van der Waals surface area contributed by atoms with Gasteiger partial charge in [-0.15, -0.1) is 0 Å². The van der Waals surface area contributed by atoms with E-state index < -0.39 is 5.60 Å². The summed E-state index contributed by atoms with van der Waals surface area (Å²) in [7, 11) is 0. The number of piperidine rings is 1. The molecule has 1 saturated heterocycles. The van der Waals surface area contributed by atoms with Crippen LogP contribution in [0.5, 0.6) is 0 Å². The highest BCUT2D eigenvalue weighted by Gasteiger charge is 2.81. The second-order valence-corrected chi connectivity index (χ2v) is 10.8. The third-order valence-electron chi connectivity index (χ3n) is 10.4. The van der Waals surface area contributed by atoms with E-state index in [1.807, 2.05) is 0 Å². The van der Waals surface area contributed by atoms with E-state index in [0.717, 1.165) is 51.6 Å². The van der Waals surface area contributed by atoms with Gasteiger partial charge in [0.05, 0.1) is 17.8 Å². The molecule has 25 heavy (non-hydrogen) atoms. The first kappa shape index (κ1) is 15.9. The van der Waals surface area contributed by atoms with Gasteiger partial charge in [0.2, 0.25) is 0 Å². The van der Waals surface area contributed by atoms with Gasteiger partial charge < -0.3 is 15.3 Å². The number of hydrogen-bond acceptors (Lipinski definition) is 4. The summed E-state index contributed by atoms with van der Waals surface area (Å²) in [5.41, 5.74) is -0.524. The normalized spacial score (nSPS) is 67.6. The molecular formula is C21H33NO3. The maximum atomic E-state index is 11.9. The Morgan fingerprint density at radius 3 is 2.64 bits per heavy atom. The van der Waals surface area contributed by atoms with E-state index in [1.165, 1.54) is 0 Å². The van der Waals surface area contributed by atoms with Gasteiger partial charge in [0.15, 0.2) is 0 Å². The molecule has 4 heteroatoms. The molecule has 6 rings (SSSR count). The van der Waals surface area contributed by atoms with Crippen LogP contribution in [0.25, 0.3) is 0 Å². The van der Waals surface area contributed by atoms with Gasteiger partial charge >= 0.3 is 0 Å². The van der Waals surface area contributed by atoms with Crippen molar-refractivity contribution in [2.24, 2.45) is 40.4 Å². The molecule has 6 fully saturated rings. The quantitative estimate of drug-likeness (QED) is 0.675. The predicted octanol–water partition coefficient (Wildman–Crippen LogP) is 1.63. The smallest absolute Gasteiger partial charge is 0.0746 e. The van der Waals surface area contributed by atoms with E-state index in [4.69, 9.17) is 0 Å². The van der Waals surface area contributed by atoms with Crippen molar-refractivity contribution in [1.29, 1.82) is 0 Å². The molecule has 1 spiro atoms. The fourth-order valence-electron chi connectivity index (χ4n) is 9.79. The van der Waals surface area contributed by atoms with E-state index in [0.29, 0.717) is 23.8 Å². The van der Waals surface area contributed by atoms with Crippen molar-refractivity contribution >= 4 is 0 Å². The van der Waals surface area contributed by atoms with Gasteiger partial charge in [-0.05, 0) is 68.2 Å². The van der Waals surface area contributed by atoms with Gasteiger partial charge in [-0.3, -0.25) is 4.90 Å². The van der Waals surface area contributed by atoms with E-state index in [9.17, 15) is 15.3 Å². The molecule has 0 radical (unpaired) electrons. The summed E-state index contributed by atoms with van der Waals surface area (Å²) < 4.78 is 0. The highest BCUT2D eigenvalue weighted by molar-refractivity contribution is 5.31. The molecule has 1 aliphatic heterocycles. The third kappa shape index (κ3) is 1.44. The second-order valence-electron chi connectivity index (χ2n) is 10.8. The maximum Gasteiger partial charge on any atom is 0.0746 e. The number of nitrogens with zero attached hydrogens (tertiary/aromatic N) is 1. The average Bonchev–Trinajstić information content (AvgIpc) is 3.00. The standard InChI is InChI=1S/C21H33NO3/c1-3-22-10-19(2)6-5-15(23)21-12-8-11-4-7-20(25,16(12)17(11)24)13(18(21)22)9-14(19)21/h11-18,23-25H,3-10H2,1-2H3/t11-,12+,13-,14+,15?,16+,17?,18+,19-,20-,21+/m0/s1. The molecule has 2 unspecified atom stereocenters. The van der Waals surface area contributed by atoms with Crippen molar-refractivity contribution < 1.29 is 15.3 Å². The minimum absolute atomic E-state index is 0.00584. The van der Waals surface area contributed by atoms with Gasteiger partial charge in [-0.2, -0.15) is 0 Å². The number of aliphatic hydroxyl groups is 3. The average molecular weight is 347 g/mol. The summed E-state index contributed by atoms with van der Waals surface area (Å²) in [4.78, 5) is 2.63. The van der Waals surface area contributed by atoms with Crippen LogP contribution in [0.4, 0.5) is 0 Å². The lowest BCUT2D eigenvalue weighted by atomic mass is 9.43. The number of rotatable bonds is 1. The third-order valence-corrected chi connectivity index (χ3v) is 10.4. The Labute approximate surface area is 150 Å². The van der Waals surface area contributed by atoms with Crippen molar-refractivity contribution in [3.63, 3.8) is 0 Å². The van der Waals surface area contributed by atoms with Crippen LogP contribution in [-0.4, -0.2) is 57.2 Å². The molecule has 0 aromatic carbocycles. The van der Waals surface area contributed by atoms with E-state index in [2.05, 4.69) is 18.7 Å². The monoisotopic (exact) mass is 347 g/mol. The largest absolute Gasteiger partial charge is 0.392 e. The fraction of sp³-hybridized carbons (Fsp3) is 1.00. The van der Waals surface area contributed by atoms with Gasteiger partial charge in [0.1, 0.15) is 0 Å². The Hall–Kier alpha value is -0.160.